The highest BCUT2D eigenvalue weighted by molar-refractivity contribution is 6.30. The Morgan fingerprint density at radius 1 is 1.60 bits per heavy atom. The van der Waals surface area contributed by atoms with E-state index < -0.39 is 5.82 Å². The first kappa shape index (κ1) is 12.5. The molecule has 1 aromatic rings. The lowest BCUT2D eigenvalue weighted by Crippen LogP contribution is -2.19. The van der Waals surface area contributed by atoms with Gasteiger partial charge in [0.05, 0.1) is 5.02 Å². The minimum absolute atomic E-state index is 0.0543. The molecule has 0 saturated heterocycles. The molecule has 4 heteroatoms. The summed E-state index contributed by atoms with van der Waals surface area (Å²) < 4.78 is 12.9. The molecule has 0 aromatic heterocycles. The van der Waals surface area contributed by atoms with E-state index in [0.717, 1.165) is 5.56 Å². The van der Waals surface area contributed by atoms with Crippen LogP contribution < -0.4 is 5.32 Å². The molecule has 0 spiro atoms. The molecule has 0 fully saturated rings. The lowest BCUT2D eigenvalue weighted by molar-refractivity contribution is 0.604. The van der Waals surface area contributed by atoms with E-state index in [0.29, 0.717) is 11.6 Å². The number of halogens is 3. The fourth-order valence-corrected chi connectivity index (χ4v) is 1.43. The Morgan fingerprint density at radius 2 is 2.27 bits per heavy atom. The highest BCUT2D eigenvalue weighted by Gasteiger charge is 2.07. The summed E-state index contributed by atoms with van der Waals surface area (Å²) in [6.07, 6.45) is 0. The van der Waals surface area contributed by atoms with Gasteiger partial charge in [-0.25, -0.2) is 4.39 Å². The Balaban J connectivity index is 2.69. The Hall–Kier alpha value is -0.570. The lowest BCUT2D eigenvalue weighted by Gasteiger charge is -2.14. The zero-order chi connectivity index (χ0) is 11.4. The summed E-state index contributed by atoms with van der Waals surface area (Å²) in [4.78, 5) is 0. The van der Waals surface area contributed by atoms with Crippen molar-refractivity contribution in [1.29, 1.82) is 0 Å². The molecule has 0 bridgehead atoms. The molecule has 1 rings (SSSR count). The SMILES string of the molecule is C=C(Cl)CNC(C)c1ccc(F)c(Cl)c1. The predicted molar refractivity (Wildman–Crippen MR) is 62.8 cm³/mol. The van der Waals surface area contributed by atoms with Gasteiger partial charge in [-0.2, -0.15) is 0 Å². The molecule has 0 heterocycles. The molecule has 0 aliphatic carbocycles. The van der Waals surface area contributed by atoms with Gasteiger partial charge in [0, 0.05) is 17.6 Å². The maximum atomic E-state index is 12.9. The van der Waals surface area contributed by atoms with Crippen LogP contribution in [-0.2, 0) is 0 Å². The number of rotatable bonds is 4. The Bertz CT molecular complexity index is 366. The molecular weight excluding hydrogens is 236 g/mol. The molecule has 1 N–H and O–H groups in total. The molecular formula is C11H12Cl2FN. The van der Waals surface area contributed by atoms with Crippen molar-refractivity contribution in [2.24, 2.45) is 0 Å². The van der Waals surface area contributed by atoms with Crippen molar-refractivity contribution in [2.45, 2.75) is 13.0 Å². The average molecular weight is 248 g/mol. The topological polar surface area (TPSA) is 12.0 Å². The van der Waals surface area contributed by atoms with Gasteiger partial charge in [-0.1, -0.05) is 35.8 Å². The maximum absolute atomic E-state index is 12.9. The van der Waals surface area contributed by atoms with Crippen molar-refractivity contribution >= 4 is 23.2 Å². The first-order valence-electron chi connectivity index (χ1n) is 4.52. The largest absolute Gasteiger partial charge is 0.305 e. The van der Waals surface area contributed by atoms with Gasteiger partial charge in [0.1, 0.15) is 5.82 Å². The number of benzene rings is 1. The molecule has 1 nitrogen and oxygen atoms in total. The summed E-state index contributed by atoms with van der Waals surface area (Å²) in [5.74, 6) is -0.408. The Kier molecular flexibility index (Phi) is 4.58. The van der Waals surface area contributed by atoms with Crippen LogP contribution >= 0.6 is 23.2 Å². The predicted octanol–water partition coefficient (Wildman–Crippen LogP) is 3.88. The summed E-state index contributed by atoms with van der Waals surface area (Å²) in [7, 11) is 0. The van der Waals surface area contributed by atoms with Crippen molar-refractivity contribution in [1.82, 2.24) is 5.32 Å². The Labute approximate surface area is 98.9 Å². The van der Waals surface area contributed by atoms with E-state index in [4.69, 9.17) is 23.2 Å². The van der Waals surface area contributed by atoms with Gasteiger partial charge >= 0.3 is 0 Å². The van der Waals surface area contributed by atoms with E-state index in [9.17, 15) is 4.39 Å². The highest BCUT2D eigenvalue weighted by atomic mass is 35.5. The molecule has 0 saturated carbocycles. The first-order chi connectivity index (χ1) is 7.00. The van der Waals surface area contributed by atoms with Crippen molar-refractivity contribution < 1.29 is 4.39 Å². The summed E-state index contributed by atoms with van der Waals surface area (Å²) in [5, 5.41) is 3.80. The minimum atomic E-state index is -0.408. The van der Waals surface area contributed by atoms with Crippen LogP contribution in [0.3, 0.4) is 0 Å². The molecule has 15 heavy (non-hydrogen) atoms. The average Bonchev–Trinajstić information content (AvgIpc) is 2.18. The summed E-state index contributed by atoms with van der Waals surface area (Å²) in [6.45, 7) is 6.03. The van der Waals surface area contributed by atoms with Crippen LogP contribution in [0.15, 0.2) is 29.8 Å². The van der Waals surface area contributed by atoms with Gasteiger partial charge in [-0.3, -0.25) is 0 Å². The maximum Gasteiger partial charge on any atom is 0.141 e. The van der Waals surface area contributed by atoms with E-state index in [1.807, 2.05) is 6.92 Å². The molecule has 0 aliphatic rings. The third kappa shape index (κ3) is 3.82. The van der Waals surface area contributed by atoms with E-state index in [1.54, 1.807) is 12.1 Å². The second kappa shape index (κ2) is 5.50. The quantitative estimate of drug-likeness (QED) is 0.852. The minimum Gasteiger partial charge on any atom is -0.305 e. The summed E-state index contributed by atoms with van der Waals surface area (Å²) >= 11 is 11.3. The number of nitrogens with one attached hydrogen (secondary N) is 1. The van der Waals surface area contributed by atoms with Crippen LogP contribution in [-0.4, -0.2) is 6.54 Å². The summed E-state index contributed by atoms with van der Waals surface area (Å²) in [6, 6.07) is 4.70. The second-order valence-electron chi connectivity index (χ2n) is 3.29. The Morgan fingerprint density at radius 3 is 2.80 bits per heavy atom. The van der Waals surface area contributed by atoms with E-state index in [2.05, 4.69) is 11.9 Å². The lowest BCUT2D eigenvalue weighted by atomic mass is 10.1. The standard InChI is InChI=1S/C11H12Cl2FN/c1-7(12)6-15-8(2)9-3-4-11(14)10(13)5-9/h3-5,8,15H,1,6H2,2H3. The van der Waals surface area contributed by atoms with E-state index >= 15 is 0 Å². The van der Waals surface area contributed by atoms with E-state index in [1.165, 1.54) is 6.07 Å². The van der Waals surface area contributed by atoms with Crippen molar-refractivity contribution in [3.63, 3.8) is 0 Å². The molecule has 1 unspecified atom stereocenters. The van der Waals surface area contributed by atoms with Gasteiger partial charge in [0.15, 0.2) is 0 Å². The zero-order valence-electron chi connectivity index (χ0n) is 8.36. The van der Waals surface area contributed by atoms with Crippen LogP contribution in [0.25, 0.3) is 0 Å². The van der Waals surface area contributed by atoms with Gasteiger partial charge in [-0.15, -0.1) is 0 Å². The number of hydrogen-bond acceptors (Lipinski definition) is 1. The number of hydrogen-bond donors (Lipinski definition) is 1. The van der Waals surface area contributed by atoms with Crippen LogP contribution in [0.2, 0.25) is 5.02 Å². The highest BCUT2D eigenvalue weighted by Crippen LogP contribution is 2.20. The molecule has 0 radical (unpaired) electrons. The molecule has 1 atom stereocenters. The monoisotopic (exact) mass is 247 g/mol. The van der Waals surface area contributed by atoms with Crippen molar-refractivity contribution in [2.75, 3.05) is 6.54 Å². The first-order valence-corrected chi connectivity index (χ1v) is 5.28. The third-order valence-electron chi connectivity index (χ3n) is 2.04. The van der Waals surface area contributed by atoms with Crippen molar-refractivity contribution in [3.8, 4) is 0 Å². The third-order valence-corrected chi connectivity index (χ3v) is 2.47. The second-order valence-corrected chi connectivity index (χ2v) is 4.24. The van der Waals surface area contributed by atoms with Crippen LogP contribution in [0, 0.1) is 5.82 Å². The molecule has 82 valence electrons. The normalized spacial score (nSPS) is 12.5. The van der Waals surface area contributed by atoms with Crippen molar-refractivity contribution in [3.05, 3.63) is 46.2 Å². The molecule has 0 aliphatic heterocycles. The fourth-order valence-electron chi connectivity index (χ4n) is 1.16. The summed E-state index contributed by atoms with van der Waals surface area (Å²) in [5.41, 5.74) is 0.916. The van der Waals surface area contributed by atoms with Gasteiger partial charge in [0.2, 0.25) is 0 Å². The van der Waals surface area contributed by atoms with Crippen LogP contribution in [0.4, 0.5) is 4.39 Å². The fraction of sp³-hybridized carbons (Fsp3) is 0.273. The molecule has 1 aromatic carbocycles. The van der Waals surface area contributed by atoms with Crippen LogP contribution in [0.5, 0.6) is 0 Å². The van der Waals surface area contributed by atoms with Gasteiger partial charge in [-0.05, 0) is 24.6 Å². The smallest absolute Gasteiger partial charge is 0.141 e. The molecule has 0 amide bonds. The zero-order valence-corrected chi connectivity index (χ0v) is 9.87. The van der Waals surface area contributed by atoms with E-state index in [-0.39, 0.29) is 11.1 Å². The van der Waals surface area contributed by atoms with Gasteiger partial charge < -0.3 is 5.32 Å². The van der Waals surface area contributed by atoms with Gasteiger partial charge in [0.25, 0.3) is 0 Å². The van der Waals surface area contributed by atoms with Crippen LogP contribution in [0.1, 0.15) is 18.5 Å².